The summed E-state index contributed by atoms with van der Waals surface area (Å²) in [7, 11) is 0. The van der Waals surface area contributed by atoms with Crippen molar-refractivity contribution in [1.82, 2.24) is 15.5 Å². The van der Waals surface area contributed by atoms with Gasteiger partial charge in [-0.1, -0.05) is 12.1 Å². The van der Waals surface area contributed by atoms with Crippen molar-refractivity contribution >= 4 is 11.3 Å². The topological polar surface area (TPSA) is 60.9 Å². The summed E-state index contributed by atoms with van der Waals surface area (Å²) in [5.41, 5.74) is 8.18. The number of hydrogen-bond donors (Lipinski definition) is 3. The first kappa shape index (κ1) is 16.9. The summed E-state index contributed by atoms with van der Waals surface area (Å²) < 4.78 is 0. The minimum atomic E-state index is 0.0925. The van der Waals surface area contributed by atoms with Gasteiger partial charge in [-0.25, -0.2) is 0 Å². The van der Waals surface area contributed by atoms with Gasteiger partial charge in [-0.3, -0.25) is 5.10 Å². The lowest BCUT2D eigenvalue weighted by Gasteiger charge is -2.16. The van der Waals surface area contributed by atoms with E-state index >= 15 is 0 Å². The van der Waals surface area contributed by atoms with E-state index in [-0.39, 0.29) is 6.61 Å². The zero-order valence-corrected chi connectivity index (χ0v) is 15.1. The van der Waals surface area contributed by atoms with E-state index in [4.69, 9.17) is 0 Å². The highest BCUT2D eigenvalue weighted by molar-refractivity contribution is 7.13. The number of nitrogens with zero attached hydrogens (tertiary/aromatic N) is 1. The SMILES string of the molecule is Cc1cc(C)c(CNCc2cn[nH]c2-c2cccs2)c(C)c1CO. The predicted molar refractivity (Wildman–Crippen MR) is 99.0 cm³/mol. The highest BCUT2D eigenvalue weighted by Crippen LogP contribution is 2.26. The van der Waals surface area contributed by atoms with Crippen LogP contribution in [0.25, 0.3) is 10.6 Å². The summed E-state index contributed by atoms with van der Waals surface area (Å²) in [6, 6.07) is 6.31. The van der Waals surface area contributed by atoms with Gasteiger partial charge in [0.2, 0.25) is 0 Å². The fraction of sp³-hybridized carbons (Fsp3) is 0.316. The molecule has 3 rings (SSSR count). The molecule has 0 spiro atoms. The molecule has 0 fully saturated rings. The molecule has 0 aliphatic heterocycles. The fourth-order valence-electron chi connectivity index (χ4n) is 3.19. The summed E-state index contributed by atoms with van der Waals surface area (Å²) in [5.74, 6) is 0. The smallest absolute Gasteiger partial charge is 0.0794 e. The van der Waals surface area contributed by atoms with Crippen molar-refractivity contribution in [2.24, 2.45) is 0 Å². The summed E-state index contributed by atoms with van der Waals surface area (Å²) >= 11 is 1.71. The molecule has 0 unspecified atom stereocenters. The number of aromatic nitrogens is 2. The van der Waals surface area contributed by atoms with Crippen LogP contribution in [0, 0.1) is 20.8 Å². The molecule has 0 saturated heterocycles. The van der Waals surface area contributed by atoms with Crippen molar-refractivity contribution in [2.75, 3.05) is 0 Å². The third-order valence-electron chi connectivity index (χ3n) is 4.55. The Hall–Kier alpha value is -1.95. The van der Waals surface area contributed by atoms with E-state index in [0.717, 1.165) is 29.9 Å². The Morgan fingerprint density at radius 3 is 2.67 bits per heavy atom. The highest BCUT2D eigenvalue weighted by Gasteiger charge is 2.12. The molecular weight excluding hydrogens is 318 g/mol. The highest BCUT2D eigenvalue weighted by atomic mass is 32.1. The van der Waals surface area contributed by atoms with Crippen LogP contribution in [0.4, 0.5) is 0 Å². The van der Waals surface area contributed by atoms with Gasteiger partial charge in [0, 0.05) is 18.7 Å². The van der Waals surface area contributed by atoms with Crippen molar-refractivity contribution < 1.29 is 5.11 Å². The Labute approximate surface area is 146 Å². The molecule has 0 saturated carbocycles. The minimum absolute atomic E-state index is 0.0925. The molecule has 5 heteroatoms. The van der Waals surface area contributed by atoms with Crippen LogP contribution in [0.15, 0.2) is 29.8 Å². The molecular formula is C19H23N3OS. The van der Waals surface area contributed by atoms with Crippen LogP contribution in [0.1, 0.15) is 33.4 Å². The molecule has 3 N–H and O–H groups in total. The summed E-state index contributed by atoms with van der Waals surface area (Å²) in [5, 5.41) is 22.5. The van der Waals surface area contributed by atoms with Gasteiger partial charge in [0.05, 0.1) is 23.4 Å². The van der Waals surface area contributed by atoms with Gasteiger partial charge in [0.25, 0.3) is 0 Å². The lowest BCUT2D eigenvalue weighted by molar-refractivity contribution is 0.280. The van der Waals surface area contributed by atoms with E-state index in [9.17, 15) is 5.11 Å². The van der Waals surface area contributed by atoms with Gasteiger partial charge in [-0.15, -0.1) is 11.3 Å². The van der Waals surface area contributed by atoms with Crippen LogP contribution < -0.4 is 5.32 Å². The molecule has 126 valence electrons. The van der Waals surface area contributed by atoms with Gasteiger partial charge in [0.1, 0.15) is 0 Å². The van der Waals surface area contributed by atoms with Gasteiger partial charge in [-0.2, -0.15) is 5.10 Å². The van der Waals surface area contributed by atoms with Crippen molar-refractivity contribution in [3.63, 3.8) is 0 Å². The first-order valence-corrected chi connectivity index (χ1v) is 8.96. The first-order chi connectivity index (χ1) is 11.6. The number of thiophene rings is 1. The van der Waals surface area contributed by atoms with Crippen LogP contribution in [0.3, 0.4) is 0 Å². The Morgan fingerprint density at radius 1 is 1.17 bits per heavy atom. The molecule has 2 heterocycles. The van der Waals surface area contributed by atoms with Crippen molar-refractivity contribution in [1.29, 1.82) is 0 Å². The molecule has 1 aromatic carbocycles. The summed E-state index contributed by atoms with van der Waals surface area (Å²) in [6.45, 7) is 7.91. The standard InChI is InChI=1S/C19H23N3OS/c1-12-7-13(2)17(11-23)14(3)16(12)10-20-8-15-9-21-22-19(15)18-5-4-6-24-18/h4-7,9,20,23H,8,10-11H2,1-3H3,(H,21,22). The average Bonchev–Trinajstić information content (AvgIpc) is 3.21. The lowest BCUT2D eigenvalue weighted by Crippen LogP contribution is -2.16. The largest absolute Gasteiger partial charge is 0.392 e. The third-order valence-corrected chi connectivity index (χ3v) is 5.44. The minimum Gasteiger partial charge on any atom is -0.392 e. The van der Waals surface area contributed by atoms with Crippen molar-refractivity contribution in [3.8, 4) is 10.6 Å². The van der Waals surface area contributed by atoms with Crippen LogP contribution >= 0.6 is 11.3 Å². The second-order valence-electron chi connectivity index (χ2n) is 6.10. The maximum absolute atomic E-state index is 9.60. The molecule has 0 atom stereocenters. The molecule has 0 amide bonds. The molecule has 2 aromatic heterocycles. The Kier molecular flexibility index (Phi) is 5.14. The van der Waals surface area contributed by atoms with E-state index in [2.05, 4.69) is 53.8 Å². The summed E-state index contributed by atoms with van der Waals surface area (Å²) in [6.07, 6.45) is 1.88. The van der Waals surface area contributed by atoms with Crippen molar-refractivity contribution in [2.45, 2.75) is 40.5 Å². The number of hydrogen-bond acceptors (Lipinski definition) is 4. The molecule has 3 aromatic rings. The van der Waals surface area contributed by atoms with Crippen molar-refractivity contribution in [3.05, 3.63) is 63.2 Å². The molecule has 0 aliphatic carbocycles. The van der Waals surface area contributed by atoms with E-state index in [1.54, 1.807) is 11.3 Å². The predicted octanol–water partition coefficient (Wildman–Crippen LogP) is 3.85. The zero-order chi connectivity index (χ0) is 17.1. The van der Waals surface area contributed by atoms with E-state index in [1.165, 1.54) is 27.1 Å². The zero-order valence-electron chi connectivity index (χ0n) is 14.3. The number of nitrogens with one attached hydrogen (secondary N) is 2. The quantitative estimate of drug-likeness (QED) is 0.638. The van der Waals surface area contributed by atoms with Crippen LogP contribution in [0.5, 0.6) is 0 Å². The van der Waals surface area contributed by atoms with E-state index < -0.39 is 0 Å². The molecule has 0 aliphatic rings. The van der Waals surface area contributed by atoms with Crippen LogP contribution in [-0.2, 0) is 19.7 Å². The monoisotopic (exact) mass is 341 g/mol. The van der Waals surface area contributed by atoms with Gasteiger partial charge < -0.3 is 10.4 Å². The summed E-state index contributed by atoms with van der Waals surface area (Å²) in [4.78, 5) is 1.20. The Balaban J connectivity index is 1.73. The number of benzene rings is 1. The average molecular weight is 341 g/mol. The Bertz CT molecular complexity index is 822. The molecule has 4 nitrogen and oxygen atoms in total. The Morgan fingerprint density at radius 2 is 1.96 bits per heavy atom. The van der Waals surface area contributed by atoms with Gasteiger partial charge >= 0.3 is 0 Å². The van der Waals surface area contributed by atoms with Gasteiger partial charge in [0.15, 0.2) is 0 Å². The van der Waals surface area contributed by atoms with Gasteiger partial charge in [-0.05, 0) is 60.0 Å². The molecule has 0 bridgehead atoms. The number of H-pyrrole nitrogens is 1. The maximum Gasteiger partial charge on any atom is 0.0794 e. The number of rotatable bonds is 6. The number of aliphatic hydroxyl groups excluding tert-OH is 1. The van der Waals surface area contributed by atoms with E-state index in [0.29, 0.717) is 0 Å². The van der Waals surface area contributed by atoms with E-state index in [1.807, 2.05) is 12.3 Å². The number of aliphatic hydroxyl groups is 1. The maximum atomic E-state index is 9.60. The van der Waals surface area contributed by atoms with Crippen LogP contribution in [0.2, 0.25) is 0 Å². The molecule has 24 heavy (non-hydrogen) atoms. The second kappa shape index (κ2) is 7.30. The van der Waals surface area contributed by atoms with Crippen LogP contribution in [-0.4, -0.2) is 15.3 Å². The lowest BCUT2D eigenvalue weighted by atomic mass is 9.93. The normalized spacial score (nSPS) is 11.2. The third kappa shape index (κ3) is 3.29. The second-order valence-corrected chi connectivity index (χ2v) is 7.05. The number of aryl methyl sites for hydroxylation is 2. The molecule has 0 radical (unpaired) electrons. The fourth-order valence-corrected chi connectivity index (χ4v) is 3.94. The first-order valence-electron chi connectivity index (χ1n) is 8.08. The number of aromatic amines is 1.